The molecular formula is C40H57N7O13S. The lowest BCUT2D eigenvalue weighted by Gasteiger charge is -2.30. The monoisotopic (exact) mass is 875 g/mol. The van der Waals surface area contributed by atoms with Crippen molar-refractivity contribution in [3.63, 3.8) is 0 Å². The van der Waals surface area contributed by atoms with Crippen LogP contribution in [0, 0.1) is 5.92 Å². The van der Waals surface area contributed by atoms with Gasteiger partial charge in [0, 0.05) is 41.2 Å². The van der Waals surface area contributed by atoms with Crippen molar-refractivity contribution in [2.24, 2.45) is 5.92 Å². The zero-order chi connectivity index (χ0) is 46.1. The molecule has 1 saturated heterocycles. The van der Waals surface area contributed by atoms with Crippen molar-refractivity contribution < 1.29 is 62.3 Å². The number of esters is 1. The van der Waals surface area contributed by atoms with Crippen LogP contribution in [-0.4, -0.2) is 122 Å². The van der Waals surface area contributed by atoms with E-state index in [0.29, 0.717) is 11.1 Å². The third-order valence-corrected chi connectivity index (χ3v) is 10.3. The Morgan fingerprint density at radius 1 is 0.885 bits per heavy atom. The Morgan fingerprint density at radius 2 is 1.52 bits per heavy atom. The topological polar surface area (TPSA) is 305 Å². The molecule has 1 aliphatic rings. The van der Waals surface area contributed by atoms with Gasteiger partial charge in [0.2, 0.25) is 35.4 Å². The predicted octanol–water partition coefficient (Wildman–Crippen LogP) is -0.916. The van der Waals surface area contributed by atoms with Crippen LogP contribution in [0.1, 0.15) is 73.3 Å². The highest BCUT2D eigenvalue weighted by Gasteiger charge is 2.38. The zero-order valence-electron chi connectivity index (χ0n) is 35.4. The van der Waals surface area contributed by atoms with E-state index in [1.165, 1.54) is 57.4 Å². The molecule has 0 saturated carbocycles. The minimum atomic E-state index is -1.79. The Hall–Kier alpha value is -6.12. The summed E-state index contributed by atoms with van der Waals surface area (Å²) in [4.78, 5) is 120. The maximum Gasteiger partial charge on any atom is 0.329 e. The smallest absolute Gasteiger partial charge is 0.329 e. The number of ether oxygens (including phenoxy) is 1. The van der Waals surface area contributed by atoms with Crippen LogP contribution in [0.15, 0.2) is 47.7 Å². The summed E-state index contributed by atoms with van der Waals surface area (Å²) in [6.07, 6.45) is 1.05. The van der Waals surface area contributed by atoms with E-state index in [1.54, 1.807) is 33.8 Å². The van der Waals surface area contributed by atoms with Gasteiger partial charge in [-0.25, -0.2) is 4.79 Å². The number of aromatic hydroxyl groups is 1. The van der Waals surface area contributed by atoms with Gasteiger partial charge in [-0.1, -0.05) is 38.1 Å². The highest BCUT2D eigenvalue weighted by molar-refractivity contribution is 7.84. The van der Waals surface area contributed by atoms with Crippen LogP contribution in [0.25, 0.3) is 0 Å². The number of benzene rings is 1. The second-order valence-electron chi connectivity index (χ2n) is 14.7. The van der Waals surface area contributed by atoms with E-state index < -0.39 is 125 Å². The summed E-state index contributed by atoms with van der Waals surface area (Å²) in [5, 5.41) is 36.5. The van der Waals surface area contributed by atoms with E-state index in [0.717, 1.165) is 0 Å². The zero-order valence-corrected chi connectivity index (χ0v) is 36.2. The maximum absolute atomic E-state index is 14.3. The Kier molecular flexibility index (Phi) is 20.3. The molecule has 7 amide bonds. The van der Waals surface area contributed by atoms with Gasteiger partial charge >= 0.3 is 11.9 Å². The van der Waals surface area contributed by atoms with Crippen LogP contribution >= 0.6 is 0 Å². The molecule has 0 spiro atoms. The fourth-order valence-electron chi connectivity index (χ4n) is 5.69. The first-order chi connectivity index (χ1) is 28.6. The van der Waals surface area contributed by atoms with Gasteiger partial charge in [0.15, 0.2) is 0 Å². The average molecular weight is 876 g/mol. The lowest BCUT2D eigenvalue weighted by molar-refractivity contribution is -0.156. The van der Waals surface area contributed by atoms with E-state index in [-0.39, 0.29) is 30.0 Å². The van der Waals surface area contributed by atoms with Gasteiger partial charge in [-0.2, -0.15) is 0 Å². The fraction of sp³-hybridized carbons (Fsp3) is 0.525. The van der Waals surface area contributed by atoms with Crippen molar-refractivity contribution in [2.45, 2.75) is 117 Å². The first kappa shape index (κ1) is 51.0. The van der Waals surface area contributed by atoms with Crippen molar-refractivity contribution in [1.82, 2.24) is 37.2 Å². The van der Waals surface area contributed by atoms with E-state index in [9.17, 15) is 57.6 Å². The maximum atomic E-state index is 14.3. The quantitative estimate of drug-likeness (QED) is 0.0763. The van der Waals surface area contributed by atoms with Gasteiger partial charge < -0.3 is 52.2 Å². The van der Waals surface area contributed by atoms with Crippen molar-refractivity contribution in [2.75, 3.05) is 12.0 Å². The SMILES string of the molecule is CC=C(C)C(=O)NC(C(=O)NC(Cc1ccc(O)cc1)C(=O)NC1C(=O)NC(C)C(=O)NC(=CC)C(=O)NC(CCC(=O)O)C(=O)NC(CCS(C)=O)C(=O)OC1C)C(C)C. The number of carboxylic acid groups (broad SMARTS) is 1. The van der Waals surface area contributed by atoms with Gasteiger partial charge in [0.05, 0.1) is 0 Å². The molecule has 1 aromatic rings. The molecule has 2 rings (SSSR count). The molecule has 61 heavy (non-hydrogen) atoms. The van der Waals surface area contributed by atoms with Gasteiger partial charge in [0.25, 0.3) is 5.91 Å². The standard InChI is InChI=1S/C40H57N7O13S/c1-9-21(5)33(51)46-31(20(3)4)38(56)45-29(19-24-11-13-25(48)14-12-24)37(55)47-32-23(7)60-40(58)28(17-18-61(8)59)44-36(54)27(15-16-30(49)50)43-35(53)26(10-2)42-34(52)22(6)41-39(32)57/h9-14,20,22-23,27-29,31-32,48H,15-19H2,1-8H3,(H,41,57)(H,42,52)(H,43,53)(H,44,54)(H,45,56)(H,46,51)(H,47,55)(H,49,50). The molecular weight excluding hydrogens is 819 g/mol. The predicted molar refractivity (Wildman–Crippen MR) is 221 cm³/mol. The first-order valence-corrected chi connectivity index (χ1v) is 21.2. The lowest BCUT2D eigenvalue weighted by Crippen LogP contribution is -2.62. The number of phenols is 1. The number of phenolic OH excluding ortho intramolecular Hbond substituents is 1. The summed E-state index contributed by atoms with van der Waals surface area (Å²) >= 11 is 0. The Balaban J connectivity index is 2.65. The van der Waals surface area contributed by atoms with Gasteiger partial charge in [0.1, 0.15) is 53.8 Å². The van der Waals surface area contributed by atoms with Gasteiger partial charge in [-0.05, 0) is 71.1 Å². The number of rotatable bonds is 15. The summed E-state index contributed by atoms with van der Waals surface area (Å²) in [5.74, 6) is -9.37. The molecule has 1 aromatic carbocycles. The van der Waals surface area contributed by atoms with E-state index in [4.69, 9.17) is 4.74 Å². The normalized spacial score (nSPS) is 23.0. The van der Waals surface area contributed by atoms with Crippen LogP contribution in [0.2, 0.25) is 0 Å². The fourth-order valence-corrected chi connectivity index (χ4v) is 6.26. The number of carbonyl (C=O) groups is 9. The summed E-state index contributed by atoms with van der Waals surface area (Å²) < 4.78 is 17.7. The highest BCUT2D eigenvalue weighted by Crippen LogP contribution is 2.14. The molecule has 0 aromatic heterocycles. The van der Waals surface area contributed by atoms with Crippen LogP contribution < -0.4 is 37.2 Å². The van der Waals surface area contributed by atoms with E-state index >= 15 is 0 Å². The largest absolute Gasteiger partial charge is 0.508 e. The number of amides is 7. The average Bonchev–Trinajstić information content (AvgIpc) is 3.19. The van der Waals surface area contributed by atoms with Gasteiger partial charge in [-0.15, -0.1) is 0 Å². The summed E-state index contributed by atoms with van der Waals surface area (Å²) in [5.41, 5.74) is 0.423. The summed E-state index contributed by atoms with van der Waals surface area (Å²) in [6, 6.07) is -3.18. The second kappa shape index (κ2) is 24.2. The highest BCUT2D eigenvalue weighted by atomic mass is 32.2. The minimum absolute atomic E-state index is 0.0788. The molecule has 21 heteroatoms. The molecule has 1 aliphatic heterocycles. The number of nitrogens with one attached hydrogen (secondary N) is 7. The molecule has 336 valence electrons. The lowest BCUT2D eigenvalue weighted by atomic mass is 10.00. The molecule has 0 radical (unpaired) electrons. The molecule has 8 atom stereocenters. The number of carbonyl (C=O) groups excluding carboxylic acids is 8. The third-order valence-electron chi connectivity index (χ3n) is 9.49. The number of hydrogen-bond acceptors (Lipinski definition) is 12. The van der Waals surface area contributed by atoms with Crippen LogP contribution in [0.3, 0.4) is 0 Å². The first-order valence-electron chi connectivity index (χ1n) is 19.5. The minimum Gasteiger partial charge on any atom is -0.508 e. The van der Waals surface area contributed by atoms with Crippen molar-refractivity contribution >= 4 is 64.1 Å². The number of carboxylic acids is 1. The number of cyclic esters (lactones) is 1. The van der Waals surface area contributed by atoms with Crippen molar-refractivity contribution in [3.05, 3.63) is 53.3 Å². The van der Waals surface area contributed by atoms with Crippen molar-refractivity contribution in [3.8, 4) is 5.75 Å². The molecule has 9 N–H and O–H groups in total. The number of hydrogen-bond donors (Lipinski definition) is 9. The Morgan fingerprint density at radius 3 is 2.08 bits per heavy atom. The molecule has 1 heterocycles. The summed E-state index contributed by atoms with van der Waals surface area (Å²) in [7, 11) is -1.48. The summed E-state index contributed by atoms with van der Waals surface area (Å²) in [6.45, 7) is 10.4. The number of allylic oxidation sites excluding steroid dienone is 2. The van der Waals surface area contributed by atoms with Crippen LogP contribution in [0.5, 0.6) is 5.75 Å². The van der Waals surface area contributed by atoms with E-state index in [1.807, 2.05) is 0 Å². The molecule has 0 bridgehead atoms. The van der Waals surface area contributed by atoms with E-state index in [2.05, 4.69) is 37.2 Å². The molecule has 20 nitrogen and oxygen atoms in total. The molecule has 0 aliphatic carbocycles. The molecule has 1 fully saturated rings. The van der Waals surface area contributed by atoms with Crippen LogP contribution in [0.4, 0.5) is 0 Å². The number of aliphatic carboxylic acids is 1. The second-order valence-corrected chi connectivity index (χ2v) is 16.3. The molecule has 8 unspecified atom stereocenters. The van der Waals surface area contributed by atoms with Gasteiger partial charge in [-0.3, -0.25) is 42.6 Å². The third kappa shape index (κ3) is 16.5. The van der Waals surface area contributed by atoms with Crippen LogP contribution in [-0.2, 0) is 65.1 Å². The Labute approximate surface area is 356 Å². The Bertz CT molecular complexity index is 1900. The van der Waals surface area contributed by atoms with Crippen molar-refractivity contribution in [1.29, 1.82) is 0 Å².